The minimum atomic E-state index is -4.38. The molecule has 1 aromatic rings. The average Bonchev–Trinajstić information content (AvgIpc) is 2.37. The highest BCUT2D eigenvalue weighted by Crippen LogP contribution is 2.35. The molecule has 106 valence electrons. The largest absolute Gasteiger partial charge is 0.416 e. The maximum atomic E-state index is 13.0. The van der Waals surface area contributed by atoms with Crippen LogP contribution in [0.25, 0.3) is 0 Å². The predicted octanol–water partition coefficient (Wildman–Crippen LogP) is 3.67. The lowest BCUT2D eigenvalue weighted by atomic mass is 10.1. The van der Waals surface area contributed by atoms with Crippen molar-refractivity contribution in [1.29, 1.82) is 0 Å². The fourth-order valence-corrected chi connectivity index (χ4v) is 2.43. The Kier molecular flexibility index (Phi) is 4.26. The molecule has 1 aromatic carbocycles. The van der Waals surface area contributed by atoms with E-state index >= 15 is 0 Å². The first-order chi connectivity index (χ1) is 8.91. The molecule has 2 rings (SSSR count). The molecule has 0 spiro atoms. The van der Waals surface area contributed by atoms with Crippen LogP contribution in [0.1, 0.15) is 18.1 Å². The van der Waals surface area contributed by atoms with Gasteiger partial charge >= 0.3 is 6.18 Å². The number of rotatable bonds is 2. The monoisotopic (exact) mass is 293 g/mol. The van der Waals surface area contributed by atoms with Gasteiger partial charge in [0.25, 0.3) is 0 Å². The van der Waals surface area contributed by atoms with Crippen molar-refractivity contribution in [2.24, 2.45) is 0 Å². The zero-order valence-electron chi connectivity index (χ0n) is 10.5. The highest BCUT2D eigenvalue weighted by atomic mass is 35.5. The van der Waals surface area contributed by atoms with E-state index in [-0.39, 0.29) is 17.5 Å². The molecule has 1 aliphatic rings. The van der Waals surface area contributed by atoms with E-state index in [2.05, 4.69) is 0 Å². The Hall–Kier alpha value is -0.940. The Balaban J connectivity index is 2.32. The van der Waals surface area contributed by atoms with Gasteiger partial charge in [-0.2, -0.15) is 13.2 Å². The Morgan fingerprint density at radius 1 is 1.42 bits per heavy atom. The molecule has 19 heavy (non-hydrogen) atoms. The number of anilines is 1. The number of morpholine rings is 1. The number of hydrogen-bond acceptors (Lipinski definition) is 2. The lowest BCUT2D eigenvalue weighted by molar-refractivity contribution is -0.138. The van der Waals surface area contributed by atoms with Crippen LogP contribution < -0.4 is 4.90 Å². The second kappa shape index (κ2) is 5.59. The Labute approximate surface area is 115 Å². The summed E-state index contributed by atoms with van der Waals surface area (Å²) in [5, 5.41) is 0. The number of halogens is 4. The SMILES string of the molecule is CC1CN(c2ccc(CCl)c(C(F)(F)F)c2)CCO1. The average molecular weight is 294 g/mol. The number of benzene rings is 1. The third-order valence-corrected chi connectivity index (χ3v) is 3.44. The first kappa shape index (κ1) is 14.5. The van der Waals surface area contributed by atoms with Gasteiger partial charge in [-0.3, -0.25) is 0 Å². The standard InChI is InChI=1S/C13H15ClF3NO/c1-9-8-18(4-5-19-9)11-3-2-10(7-14)12(6-11)13(15,16)17/h2-3,6,9H,4-5,7-8H2,1H3. The normalized spacial score (nSPS) is 20.7. The van der Waals surface area contributed by atoms with Gasteiger partial charge in [0.2, 0.25) is 0 Å². The highest BCUT2D eigenvalue weighted by molar-refractivity contribution is 6.17. The van der Waals surface area contributed by atoms with Crippen LogP contribution in [0.5, 0.6) is 0 Å². The van der Waals surface area contributed by atoms with Crippen molar-refractivity contribution in [2.45, 2.75) is 25.1 Å². The smallest absolute Gasteiger partial charge is 0.375 e. The van der Waals surface area contributed by atoms with Gasteiger partial charge in [-0.15, -0.1) is 11.6 Å². The van der Waals surface area contributed by atoms with Gasteiger partial charge in [0.1, 0.15) is 0 Å². The van der Waals surface area contributed by atoms with E-state index in [0.717, 1.165) is 0 Å². The summed E-state index contributed by atoms with van der Waals surface area (Å²) >= 11 is 5.57. The molecule has 1 unspecified atom stereocenters. The fraction of sp³-hybridized carbons (Fsp3) is 0.538. The summed E-state index contributed by atoms with van der Waals surface area (Å²) in [7, 11) is 0. The lowest BCUT2D eigenvalue weighted by Gasteiger charge is -2.33. The van der Waals surface area contributed by atoms with Crippen molar-refractivity contribution in [1.82, 2.24) is 0 Å². The summed E-state index contributed by atoms with van der Waals surface area (Å²) < 4.78 is 44.3. The van der Waals surface area contributed by atoms with Gasteiger partial charge in [-0.05, 0) is 24.6 Å². The van der Waals surface area contributed by atoms with E-state index in [1.807, 2.05) is 11.8 Å². The zero-order chi connectivity index (χ0) is 14.0. The summed E-state index contributed by atoms with van der Waals surface area (Å²) in [5.41, 5.74) is 0.0229. The zero-order valence-corrected chi connectivity index (χ0v) is 11.3. The Bertz CT molecular complexity index is 450. The number of ether oxygens (including phenoxy) is 1. The summed E-state index contributed by atoms with van der Waals surface area (Å²) in [6.45, 7) is 3.63. The molecule has 1 aliphatic heterocycles. The molecule has 0 amide bonds. The third kappa shape index (κ3) is 3.34. The molecule has 1 saturated heterocycles. The molecule has 0 saturated carbocycles. The molecule has 0 radical (unpaired) electrons. The number of alkyl halides is 4. The maximum Gasteiger partial charge on any atom is 0.416 e. The van der Waals surface area contributed by atoms with Crippen molar-refractivity contribution in [3.05, 3.63) is 29.3 Å². The van der Waals surface area contributed by atoms with Crippen LogP contribution in [0, 0.1) is 0 Å². The molecule has 0 aromatic heterocycles. The van der Waals surface area contributed by atoms with Crippen LogP contribution in [0.15, 0.2) is 18.2 Å². The molecule has 0 bridgehead atoms. The van der Waals surface area contributed by atoms with Gasteiger partial charge < -0.3 is 9.64 Å². The number of hydrogen-bond donors (Lipinski definition) is 0. The van der Waals surface area contributed by atoms with E-state index in [1.54, 1.807) is 6.07 Å². The highest BCUT2D eigenvalue weighted by Gasteiger charge is 2.34. The van der Waals surface area contributed by atoms with Crippen LogP contribution in [0.2, 0.25) is 0 Å². The van der Waals surface area contributed by atoms with Crippen LogP contribution in [-0.2, 0) is 16.8 Å². The summed E-state index contributed by atoms with van der Waals surface area (Å²) in [6, 6.07) is 4.31. The molecule has 0 N–H and O–H groups in total. The van der Waals surface area contributed by atoms with Crippen LogP contribution in [0.3, 0.4) is 0 Å². The molecule has 1 fully saturated rings. The molecule has 6 heteroatoms. The van der Waals surface area contributed by atoms with E-state index in [4.69, 9.17) is 16.3 Å². The van der Waals surface area contributed by atoms with Crippen LogP contribution in [-0.4, -0.2) is 25.8 Å². The summed E-state index contributed by atoms with van der Waals surface area (Å²) in [5.74, 6) is -0.144. The molecule has 1 heterocycles. The Morgan fingerprint density at radius 2 is 2.16 bits per heavy atom. The topological polar surface area (TPSA) is 12.5 Å². The van der Waals surface area contributed by atoms with Crippen LogP contribution >= 0.6 is 11.6 Å². The fourth-order valence-electron chi connectivity index (χ4n) is 2.19. The lowest BCUT2D eigenvalue weighted by Crippen LogP contribution is -2.41. The van der Waals surface area contributed by atoms with E-state index in [1.165, 1.54) is 12.1 Å². The first-order valence-corrected chi connectivity index (χ1v) is 6.58. The first-order valence-electron chi connectivity index (χ1n) is 6.04. The minimum Gasteiger partial charge on any atom is -0.375 e. The van der Waals surface area contributed by atoms with E-state index in [0.29, 0.717) is 25.4 Å². The molecule has 2 nitrogen and oxygen atoms in total. The molecular weight excluding hydrogens is 279 g/mol. The predicted molar refractivity (Wildman–Crippen MR) is 68.6 cm³/mol. The summed E-state index contributed by atoms with van der Waals surface area (Å²) in [6.07, 6.45) is -4.35. The van der Waals surface area contributed by atoms with Gasteiger partial charge in [-0.1, -0.05) is 6.07 Å². The second-order valence-electron chi connectivity index (χ2n) is 4.60. The van der Waals surface area contributed by atoms with Crippen molar-refractivity contribution in [2.75, 3.05) is 24.6 Å². The number of nitrogens with zero attached hydrogens (tertiary/aromatic N) is 1. The van der Waals surface area contributed by atoms with Gasteiger partial charge in [0.05, 0.1) is 18.3 Å². The third-order valence-electron chi connectivity index (χ3n) is 3.15. The minimum absolute atomic E-state index is 0.0239. The quantitative estimate of drug-likeness (QED) is 0.772. The van der Waals surface area contributed by atoms with Crippen molar-refractivity contribution >= 4 is 17.3 Å². The Morgan fingerprint density at radius 3 is 2.74 bits per heavy atom. The van der Waals surface area contributed by atoms with Crippen molar-refractivity contribution < 1.29 is 17.9 Å². The van der Waals surface area contributed by atoms with Gasteiger partial charge in [-0.25, -0.2) is 0 Å². The summed E-state index contributed by atoms with van der Waals surface area (Å²) in [4.78, 5) is 1.90. The molecule has 1 atom stereocenters. The van der Waals surface area contributed by atoms with Gasteiger partial charge in [0, 0.05) is 24.7 Å². The van der Waals surface area contributed by atoms with E-state index < -0.39 is 11.7 Å². The second-order valence-corrected chi connectivity index (χ2v) is 4.87. The van der Waals surface area contributed by atoms with Crippen molar-refractivity contribution in [3.8, 4) is 0 Å². The van der Waals surface area contributed by atoms with E-state index in [9.17, 15) is 13.2 Å². The van der Waals surface area contributed by atoms with Gasteiger partial charge in [0.15, 0.2) is 0 Å². The van der Waals surface area contributed by atoms with Crippen LogP contribution in [0.4, 0.5) is 18.9 Å². The molecule has 0 aliphatic carbocycles. The maximum absolute atomic E-state index is 13.0. The van der Waals surface area contributed by atoms with Crippen molar-refractivity contribution in [3.63, 3.8) is 0 Å². The molecular formula is C13H15ClF3NO.